The van der Waals surface area contributed by atoms with Crippen LogP contribution in [0.3, 0.4) is 0 Å². The number of benzene rings is 2. The highest BCUT2D eigenvalue weighted by Crippen LogP contribution is 2.20. The monoisotopic (exact) mass is 378 g/mol. The Morgan fingerprint density at radius 1 is 1.11 bits per heavy atom. The molecule has 9 nitrogen and oxygen atoms in total. The molecule has 0 heterocycles. The van der Waals surface area contributed by atoms with Gasteiger partial charge in [0.15, 0.2) is 5.70 Å². The fourth-order valence-electron chi connectivity index (χ4n) is 2.27. The van der Waals surface area contributed by atoms with E-state index in [1.165, 1.54) is 0 Å². The fraction of sp³-hybridized carbons (Fsp3) is 0.105. The standard InChI is InChI=1S/C19H15N4O5/c1-10-3-4-15(11(2)5-10)21-17(24)16(9-20)23-22-14-7-12(18(25)26)6-13(8-14)19(27)28/h3-8H,1-2H3,(H,21,24)(H,25,26)(H,27,28)/q-1/p-1. The van der Waals surface area contributed by atoms with Crippen molar-refractivity contribution in [1.29, 1.82) is 0 Å². The predicted molar refractivity (Wildman–Crippen MR) is 98.7 cm³/mol. The predicted octanol–water partition coefficient (Wildman–Crippen LogP) is 2.21. The highest BCUT2D eigenvalue weighted by atomic mass is 16.4. The summed E-state index contributed by atoms with van der Waals surface area (Å²) in [4.78, 5) is 34.3. The summed E-state index contributed by atoms with van der Waals surface area (Å²) in [7, 11) is 0. The van der Waals surface area contributed by atoms with E-state index >= 15 is 0 Å². The van der Waals surface area contributed by atoms with Gasteiger partial charge < -0.3 is 25.7 Å². The van der Waals surface area contributed by atoms with E-state index in [9.17, 15) is 19.5 Å². The van der Waals surface area contributed by atoms with E-state index in [4.69, 9.17) is 10.5 Å². The molecule has 0 atom stereocenters. The van der Waals surface area contributed by atoms with Gasteiger partial charge in [-0.1, -0.05) is 17.7 Å². The van der Waals surface area contributed by atoms with Gasteiger partial charge >= 0.3 is 5.97 Å². The van der Waals surface area contributed by atoms with Gasteiger partial charge in [-0.25, -0.2) is 10.7 Å². The van der Waals surface area contributed by atoms with Crippen molar-refractivity contribution in [1.82, 2.24) is 0 Å². The van der Waals surface area contributed by atoms with E-state index in [0.717, 1.165) is 29.3 Å². The van der Waals surface area contributed by atoms with Crippen molar-refractivity contribution in [2.75, 3.05) is 5.32 Å². The lowest BCUT2D eigenvalue weighted by Crippen LogP contribution is -2.22. The molecule has 0 fully saturated rings. The number of carboxylic acid groups (broad SMARTS) is 2. The number of carbonyl (C=O) groups excluding carboxylic acids is 2. The smallest absolute Gasteiger partial charge is 0.335 e. The van der Waals surface area contributed by atoms with E-state index in [1.807, 2.05) is 13.0 Å². The average Bonchev–Trinajstić information content (AvgIpc) is 2.64. The van der Waals surface area contributed by atoms with E-state index in [1.54, 1.807) is 24.9 Å². The van der Waals surface area contributed by atoms with Gasteiger partial charge in [0.25, 0.3) is 5.91 Å². The third-order valence-electron chi connectivity index (χ3n) is 3.62. The first-order valence-electron chi connectivity index (χ1n) is 7.88. The largest absolute Gasteiger partial charge is 0.761 e. The van der Waals surface area contributed by atoms with Crippen LogP contribution in [0.25, 0.3) is 5.41 Å². The highest BCUT2D eigenvalue weighted by Gasteiger charge is 2.11. The van der Waals surface area contributed by atoms with Crippen molar-refractivity contribution < 1.29 is 24.6 Å². The topological polar surface area (TPSA) is 154 Å². The van der Waals surface area contributed by atoms with Gasteiger partial charge in [0.2, 0.25) is 0 Å². The summed E-state index contributed by atoms with van der Waals surface area (Å²) in [5.74, 6) is -2.19. The summed E-state index contributed by atoms with van der Waals surface area (Å²) in [6.07, 6.45) is 0. The van der Waals surface area contributed by atoms with Crippen molar-refractivity contribution in [3.8, 4) is 0 Å². The molecule has 2 N–H and O–H groups in total. The summed E-state index contributed by atoms with van der Waals surface area (Å²) in [6.45, 7) is 3.68. The number of amides is 1. The third kappa shape index (κ3) is 4.96. The molecule has 0 aliphatic heterocycles. The molecule has 9 heteroatoms. The number of nitrogens with one attached hydrogen (secondary N) is 1. The van der Waals surface area contributed by atoms with Crippen LogP contribution < -0.4 is 10.4 Å². The van der Waals surface area contributed by atoms with Crippen LogP contribution in [0, 0.1) is 13.8 Å². The summed E-state index contributed by atoms with van der Waals surface area (Å²) >= 11 is 0. The second kappa shape index (κ2) is 8.52. The van der Waals surface area contributed by atoms with Crippen LogP contribution in [0.4, 0.5) is 11.4 Å². The second-order valence-corrected chi connectivity index (χ2v) is 5.79. The lowest BCUT2D eigenvalue weighted by atomic mass is 10.1. The van der Waals surface area contributed by atoms with Gasteiger partial charge in [0.05, 0.1) is 17.2 Å². The molecule has 0 unspecified atom stereocenters. The minimum absolute atomic E-state index is 0.161. The Kier molecular flexibility index (Phi) is 6.15. The Balaban J connectivity index is 2.28. The summed E-state index contributed by atoms with van der Waals surface area (Å²) < 4.78 is 0. The number of anilines is 1. The molecule has 28 heavy (non-hydrogen) atoms. The number of carbonyl (C=O) groups is 3. The van der Waals surface area contributed by atoms with Crippen molar-refractivity contribution in [3.05, 3.63) is 69.8 Å². The molecule has 2 rings (SSSR count). The molecule has 2 aromatic carbocycles. The van der Waals surface area contributed by atoms with Gasteiger partial charge in [0, 0.05) is 11.3 Å². The van der Waals surface area contributed by atoms with Gasteiger partial charge in [-0.3, -0.25) is 4.79 Å². The number of hydrogen-bond donors (Lipinski definition) is 2. The molecular weight excluding hydrogens is 364 g/mol. The molecule has 0 aromatic heterocycles. The minimum atomic E-state index is -1.60. The van der Waals surface area contributed by atoms with Gasteiger partial charge in [-0.15, -0.1) is 10.2 Å². The van der Waals surface area contributed by atoms with Gasteiger partial charge in [0.1, 0.15) is 0 Å². The minimum Gasteiger partial charge on any atom is -0.761 e. The Hall–Kier alpha value is -4.10. The molecular formula is C19H14N4O5-2. The van der Waals surface area contributed by atoms with Crippen LogP contribution in [0.15, 0.2) is 52.3 Å². The van der Waals surface area contributed by atoms with Gasteiger partial charge in [-0.05, 0) is 43.7 Å². The van der Waals surface area contributed by atoms with E-state index in [0.29, 0.717) is 5.69 Å². The molecule has 0 spiro atoms. The molecule has 1 amide bonds. The van der Waals surface area contributed by atoms with Crippen LogP contribution >= 0.6 is 0 Å². The van der Waals surface area contributed by atoms with Crippen molar-refractivity contribution >= 4 is 35.1 Å². The molecule has 0 aliphatic carbocycles. The van der Waals surface area contributed by atoms with Crippen molar-refractivity contribution in [2.24, 2.45) is 10.2 Å². The Labute approximate surface area is 159 Å². The third-order valence-corrected chi connectivity index (χ3v) is 3.62. The van der Waals surface area contributed by atoms with Crippen molar-refractivity contribution in [2.45, 2.75) is 13.8 Å². The molecule has 142 valence electrons. The number of nitrogens with zero attached hydrogens (tertiary/aromatic N) is 3. The zero-order valence-corrected chi connectivity index (χ0v) is 14.9. The molecule has 0 saturated carbocycles. The molecule has 0 radical (unpaired) electrons. The maximum atomic E-state index is 12.2. The number of aromatic carboxylic acids is 2. The first-order valence-corrected chi connectivity index (χ1v) is 7.88. The fourth-order valence-corrected chi connectivity index (χ4v) is 2.27. The first kappa shape index (κ1) is 20.2. The van der Waals surface area contributed by atoms with Crippen LogP contribution in [0.2, 0.25) is 0 Å². The Morgan fingerprint density at radius 3 is 2.36 bits per heavy atom. The maximum Gasteiger partial charge on any atom is 0.335 e. The average molecular weight is 378 g/mol. The summed E-state index contributed by atoms with van der Waals surface area (Å²) in [6, 6.07) is 8.28. The van der Waals surface area contributed by atoms with Crippen LogP contribution in [-0.4, -0.2) is 28.8 Å². The Morgan fingerprint density at radius 2 is 1.79 bits per heavy atom. The number of carboxylic acids is 2. The summed E-state index contributed by atoms with van der Waals surface area (Å²) in [5, 5.41) is 38.8. The first-order chi connectivity index (χ1) is 13.2. The second-order valence-electron chi connectivity index (χ2n) is 5.79. The van der Waals surface area contributed by atoms with E-state index in [2.05, 4.69) is 15.5 Å². The van der Waals surface area contributed by atoms with Crippen LogP contribution in [0.1, 0.15) is 31.8 Å². The molecule has 0 saturated heterocycles. The van der Waals surface area contributed by atoms with Crippen molar-refractivity contribution in [3.63, 3.8) is 0 Å². The zero-order valence-electron chi connectivity index (χ0n) is 14.9. The quantitative estimate of drug-likeness (QED) is 0.448. The number of aryl methyl sites for hydroxylation is 2. The summed E-state index contributed by atoms with van der Waals surface area (Å²) in [5.41, 5.74) is 0.755. The number of rotatable bonds is 6. The van der Waals surface area contributed by atoms with Crippen LogP contribution in [0.5, 0.6) is 0 Å². The van der Waals surface area contributed by atoms with Gasteiger partial charge in [-0.2, -0.15) is 0 Å². The maximum absolute atomic E-state index is 12.2. The van der Waals surface area contributed by atoms with E-state index in [-0.39, 0.29) is 11.3 Å². The van der Waals surface area contributed by atoms with E-state index < -0.39 is 29.1 Å². The molecule has 0 aliphatic rings. The number of azo groups is 1. The lowest BCUT2D eigenvalue weighted by Gasteiger charge is -2.09. The molecule has 2 aromatic rings. The highest BCUT2D eigenvalue weighted by molar-refractivity contribution is 6.09. The van der Waals surface area contributed by atoms with Crippen LogP contribution in [-0.2, 0) is 4.79 Å². The lowest BCUT2D eigenvalue weighted by molar-refractivity contribution is -0.255. The SMILES string of the molecule is Cc1ccc(NC(=O)C(=C=[N-])N=Nc2cc(C(=O)[O-])cc(C(=O)O)c2)c(C)c1. The Bertz CT molecular complexity index is 1020. The normalized spacial score (nSPS) is 10.4. The molecule has 0 bridgehead atoms. The zero-order chi connectivity index (χ0) is 20.8. The number of hydrogen-bond acceptors (Lipinski definition) is 6.